The van der Waals surface area contributed by atoms with Crippen molar-refractivity contribution in [3.8, 4) is 0 Å². The Hall–Kier alpha value is -1.93. The maximum absolute atomic E-state index is 12.6. The van der Waals surface area contributed by atoms with Crippen LogP contribution in [0.15, 0.2) is 11.0 Å². The molecule has 0 aliphatic carbocycles. The van der Waals surface area contributed by atoms with Gasteiger partial charge in [-0.05, 0) is 56.9 Å². The number of esters is 1. The van der Waals surface area contributed by atoms with Crippen LogP contribution >= 0.6 is 0 Å². The first-order chi connectivity index (χ1) is 11.0. The summed E-state index contributed by atoms with van der Waals surface area (Å²) >= 11 is 0. The summed E-state index contributed by atoms with van der Waals surface area (Å²) in [6, 6.07) is 1.94. The predicted octanol–water partition coefficient (Wildman–Crippen LogP) is 1.01. The van der Waals surface area contributed by atoms with E-state index in [-0.39, 0.29) is 17.9 Å². The molecule has 0 aliphatic rings. The highest BCUT2D eigenvalue weighted by Crippen LogP contribution is 2.25. The first-order valence-electron chi connectivity index (χ1n) is 7.53. The predicted molar refractivity (Wildman–Crippen MR) is 89.9 cm³/mol. The third kappa shape index (κ3) is 4.78. The highest BCUT2D eigenvalue weighted by molar-refractivity contribution is 7.89. The van der Waals surface area contributed by atoms with Crippen LogP contribution < -0.4 is 10.5 Å². The van der Waals surface area contributed by atoms with E-state index in [1.165, 1.54) is 6.92 Å². The second kappa shape index (κ2) is 7.76. The van der Waals surface area contributed by atoms with Crippen molar-refractivity contribution in [2.45, 2.75) is 52.0 Å². The van der Waals surface area contributed by atoms with Crippen molar-refractivity contribution < 1.29 is 22.7 Å². The summed E-state index contributed by atoms with van der Waals surface area (Å²) in [6.07, 6.45) is -1.24. The van der Waals surface area contributed by atoms with Crippen molar-refractivity contribution >= 4 is 21.9 Å². The van der Waals surface area contributed by atoms with Crippen LogP contribution in [0.3, 0.4) is 0 Å². The zero-order valence-electron chi connectivity index (χ0n) is 14.6. The van der Waals surface area contributed by atoms with Crippen LogP contribution in [0.25, 0.3) is 0 Å². The Bertz CT molecular complexity index is 730. The van der Waals surface area contributed by atoms with Gasteiger partial charge in [-0.2, -0.15) is 0 Å². The summed E-state index contributed by atoms with van der Waals surface area (Å²) in [5.74, 6) is -1.46. The highest BCUT2D eigenvalue weighted by Gasteiger charge is 2.22. The van der Waals surface area contributed by atoms with Crippen LogP contribution in [0.4, 0.5) is 0 Å². The van der Waals surface area contributed by atoms with Gasteiger partial charge in [-0.15, -0.1) is 0 Å². The number of aryl methyl sites for hydroxylation is 2. The lowest BCUT2D eigenvalue weighted by molar-refractivity contribution is -0.153. The number of benzene rings is 1. The summed E-state index contributed by atoms with van der Waals surface area (Å²) in [4.78, 5) is 22.6. The quantitative estimate of drug-likeness (QED) is 0.707. The molecule has 0 saturated heterocycles. The summed E-state index contributed by atoms with van der Waals surface area (Å²) in [5.41, 5.74) is 8.11. The number of amides is 1. The molecule has 0 bridgehead atoms. The Morgan fingerprint density at radius 2 is 1.67 bits per heavy atom. The summed E-state index contributed by atoms with van der Waals surface area (Å²) in [7, 11) is -3.76. The number of carbonyl (C=O) groups excluding carboxylic acids is 2. The Morgan fingerprint density at radius 3 is 2.12 bits per heavy atom. The average Bonchev–Trinajstić information content (AvgIpc) is 2.44. The van der Waals surface area contributed by atoms with Gasteiger partial charge >= 0.3 is 5.97 Å². The number of hydrogen-bond acceptors (Lipinski definition) is 5. The van der Waals surface area contributed by atoms with Crippen molar-refractivity contribution in [1.82, 2.24) is 4.72 Å². The van der Waals surface area contributed by atoms with Crippen molar-refractivity contribution in [2.24, 2.45) is 5.73 Å². The van der Waals surface area contributed by atoms with Crippen molar-refractivity contribution in [2.75, 3.05) is 6.54 Å². The molecule has 0 unspecified atom stereocenters. The van der Waals surface area contributed by atoms with Crippen LogP contribution in [0, 0.1) is 27.7 Å². The van der Waals surface area contributed by atoms with Gasteiger partial charge in [0.05, 0.1) is 11.3 Å². The van der Waals surface area contributed by atoms with Crippen molar-refractivity contribution in [3.63, 3.8) is 0 Å². The smallest absolute Gasteiger partial charge is 0.307 e. The van der Waals surface area contributed by atoms with Crippen LogP contribution in [0.1, 0.15) is 35.6 Å². The molecule has 0 fully saturated rings. The Kier molecular flexibility index (Phi) is 6.50. The van der Waals surface area contributed by atoms with Crippen molar-refractivity contribution in [3.05, 3.63) is 28.3 Å². The molecule has 0 saturated carbocycles. The minimum atomic E-state index is -3.76. The lowest BCUT2D eigenvalue weighted by Crippen LogP contribution is -2.32. The molecule has 8 heteroatoms. The monoisotopic (exact) mass is 356 g/mol. The number of nitrogens with two attached hydrogens (primary N) is 1. The van der Waals surface area contributed by atoms with Gasteiger partial charge in [0, 0.05) is 6.54 Å². The third-order valence-corrected chi connectivity index (χ3v) is 5.63. The number of rotatable bonds is 7. The lowest BCUT2D eigenvalue weighted by Gasteiger charge is -2.16. The second-order valence-corrected chi connectivity index (χ2v) is 7.48. The summed E-state index contributed by atoms with van der Waals surface area (Å²) < 4.78 is 32.3. The third-order valence-electron chi connectivity index (χ3n) is 3.90. The maximum Gasteiger partial charge on any atom is 0.307 e. The fourth-order valence-electron chi connectivity index (χ4n) is 2.26. The van der Waals surface area contributed by atoms with Crippen LogP contribution in [-0.2, 0) is 24.3 Å². The lowest BCUT2D eigenvalue weighted by atomic mass is 10.0. The molecule has 1 rings (SSSR count). The Morgan fingerprint density at radius 1 is 1.17 bits per heavy atom. The van der Waals surface area contributed by atoms with E-state index < -0.39 is 28.0 Å². The molecule has 3 N–H and O–H groups in total. The molecule has 1 atom stereocenters. The van der Waals surface area contributed by atoms with E-state index in [1.807, 2.05) is 19.9 Å². The fourth-order valence-corrected chi connectivity index (χ4v) is 3.90. The van der Waals surface area contributed by atoms with E-state index in [1.54, 1.807) is 13.8 Å². The Balaban J connectivity index is 2.83. The van der Waals surface area contributed by atoms with Crippen LogP contribution in [0.5, 0.6) is 0 Å². The second-order valence-electron chi connectivity index (χ2n) is 5.77. The number of carbonyl (C=O) groups is 2. The van der Waals surface area contributed by atoms with E-state index in [0.717, 1.165) is 11.1 Å². The zero-order chi connectivity index (χ0) is 18.7. The minimum Gasteiger partial charge on any atom is -0.453 e. The molecular formula is C16H24N2O5S. The molecule has 1 aromatic carbocycles. The standard InChI is InChI=1S/C16H24N2O5S/c1-9-8-10(2)12(4)15(11(9)3)24(21,22)18-7-6-14(19)23-13(5)16(17)20/h8,13,18H,6-7H2,1-5H3,(H2,17,20)/t13-/m0/s1. The topological polar surface area (TPSA) is 116 Å². The first-order valence-corrected chi connectivity index (χ1v) is 9.01. The SMILES string of the molecule is Cc1cc(C)c(C)c(S(=O)(=O)NCCC(=O)O[C@@H](C)C(N)=O)c1C. The van der Waals surface area contributed by atoms with Gasteiger partial charge in [0.2, 0.25) is 10.0 Å². The Labute approximate surface area is 142 Å². The van der Waals surface area contributed by atoms with E-state index >= 15 is 0 Å². The van der Waals surface area contributed by atoms with Crippen LogP contribution in [0.2, 0.25) is 0 Å². The number of primary amides is 1. The molecule has 0 heterocycles. The zero-order valence-corrected chi connectivity index (χ0v) is 15.4. The number of hydrogen-bond donors (Lipinski definition) is 2. The average molecular weight is 356 g/mol. The molecule has 134 valence electrons. The highest BCUT2D eigenvalue weighted by atomic mass is 32.2. The molecule has 0 aromatic heterocycles. The van der Waals surface area contributed by atoms with Gasteiger partial charge in [-0.3, -0.25) is 9.59 Å². The maximum atomic E-state index is 12.6. The van der Waals surface area contributed by atoms with Gasteiger partial charge in [-0.25, -0.2) is 13.1 Å². The van der Waals surface area contributed by atoms with Crippen molar-refractivity contribution in [1.29, 1.82) is 0 Å². The van der Waals surface area contributed by atoms with Crippen LogP contribution in [-0.4, -0.2) is 32.9 Å². The van der Waals surface area contributed by atoms with E-state index in [9.17, 15) is 18.0 Å². The molecule has 1 amide bonds. The molecule has 0 aliphatic heterocycles. The normalized spacial score (nSPS) is 12.7. The first kappa shape index (κ1) is 20.1. The van der Waals surface area contributed by atoms with Gasteiger partial charge in [0.25, 0.3) is 5.91 Å². The molecule has 0 spiro atoms. The van der Waals surface area contributed by atoms with Gasteiger partial charge in [0.15, 0.2) is 6.10 Å². The molecule has 24 heavy (non-hydrogen) atoms. The number of sulfonamides is 1. The summed E-state index contributed by atoms with van der Waals surface area (Å²) in [5, 5.41) is 0. The van der Waals surface area contributed by atoms with E-state index in [4.69, 9.17) is 10.5 Å². The molecular weight excluding hydrogens is 332 g/mol. The van der Waals surface area contributed by atoms with Gasteiger partial charge in [-0.1, -0.05) is 6.07 Å². The fraction of sp³-hybridized carbons (Fsp3) is 0.500. The van der Waals surface area contributed by atoms with E-state index in [0.29, 0.717) is 11.1 Å². The number of nitrogens with one attached hydrogen (secondary N) is 1. The number of ether oxygens (including phenoxy) is 1. The van der Waals surface area contributed by atoms with Gasteiger partial charge in [0.1, 0.15) is 0 Å². The van der Waals surface area contributed by atoms with E-state index in [2.05, 4.69) is 4.72 Å². The van der Waals surface area contributed by atoms with Gasteiger partial charge < -0.3 is 10.5 Å². The summed E-state index contributed by atoms with van der Waals surface area (Å²) in [6.45, 7) is 8.43. The molecule has 7 nitrogen and oxygen atoms in total. The molecule has 1 aromatic rings. The molecule has 0 radical (unpaired) electrons. The largest absolute Gasteiger partial charge is 0.453 e. The minimum absolute atomic E-state index is 0.126.